The van der Waals surface area contributed by atoms with Gasteiger partial charge >= 0.3 is 0 Å². The average molecular weight is 567 g/mol. The van der Waals surface area contributed by atoms with E-state index in [0.29, 0.717) is 55.7 Å². The highest BCUT2D eigenvalue weighted by molar-refractivity contribution is 6.39. The summed E-state index contributed by atoms with van der Waals surface area (Å²) in [6, 6.07) is 24.4. The van der Waals surface area contributed by atoms with E-state index in [1.807, 2.05) is 12.1 Å². The quantitative estimate of drug-likeness (QED) is 0.179. The largest absolute Gasteiger partial charge is 0.270 e. The van der Waals surface area contributed by atoms with Crippen LogP contribution >= 0.6 is 0 Å². The number of fused-ring (bicyclic) bond motifs is 4. The highest BCUT2D eigenvalue weighted by atomic mass is 19.1. The number of benzene rings is 4. The van der Waals surface area contributed by atoms with Crippen LogP contribution in [0.25, 0.3) is 59.1 Å². The molecule has 0 heterocycles. The van der Waals surface area contributed by atoms with Gasteiger partial charge in [-0.3, -0.25) is 0 Å². The molecule has 0 saturated heterocycles. The number of nitriles is 3. The van der Waals surface area contributed by atoms with Gasteiger partial charge in [0.25, 0.3) is 11.4 Å². The Morgan fingerprint density at radius 1 is 0.614 bits per heavy atom. The molecule has 0 fully saturated rings. The molecule has 4 aromatic rings. The molecule has 0 atom stereocenters. The number of rotatable bonds is 2. The van der Waals surface area contributed by atoms with Crippen molar-refractivity contribution in [2.75, 3.05) is 0 Å². The standard InChI is InChI=1S/C36H12F2N6/c1-42-28-13-12-20(15-27(28)38)23-7-5-9-25-32(23)36(30(18-41)44-3)33-24-8-4-6-22(19-10-11-21(16-39)26(37)14-19)31(24)35(34(25)33)29(17-40)43-2/h4-15H/b35-29-,36-30+. The molecule has 0 radical (unpaired) electrons. The summed E-state index contributed by atoms with van der Waals surface area (Å²) in [6.45, 7) is 22.9. The number of halogens is 2. The van der Waals surface area contributed by atoms with Crippen molar-refractivity contribution in [1.82, 2.24) is 0 Å². The van der Waals surface area contributed by atoms with Gasteiger partial charge in [-0.15, -0.1) is 0 Å². The lowest BCUT2D eigenvalue weighted by Gasteiger charge is -2.19. The molecule has 6 nitrogen and oxygen atoms in total. The van der Waals surface area contributed by atoms with Gasteiger partial charge in [-0.05, 0) is 73.9 Å². The van der Waals surface area contributed by atoms with Crippen molar-refractivity contribution in [3.05, 3.63) is 158 Å². The van der Waals surface area contributed by atoms with Crippen LogP contribution in [0.15, 0.2) is 84.2 Å². The van der Waals surface area contributed by atoms with E-state index < -0.39 is 11.6 Å². The topological polar surface area (TPSA) is 84.4 Å². The fraction of sp³-hybridized carbons (Fsp3) is 0. The molecule has 0 aromatic heterocycles. The Kier molecular flexibility index (Phi) is 6.39. The summed E-state index contributed by atoms with van der Waals surface area (Å²) in [5.74, 6) is -1.46. The third-order valence-electron chi connectivity index (χ3n) is 7.61. The highest BCUT2D eigenvalue weighted by Gasteiger charge is 2.41. The number of nitrogens with zero attached hydrogens (tertiary/aromatic N) is 6. The lowest BCUT2D eigenvalue weighted by Crippen LogP contribution is -1.99. The van der Waals surface area contributed by atoms with E-state index in [4.69, 9.17) is 19.7 Å². The molecule has 200 valence electrons. The molecule has 0 saturated carbocycles. The fourth-order valence-electron chi connectivity index (χ4n) is 5.87. The van der Waals surface area contributed by atoms with Gasteiger partial charge < -0.3 is 0 Å². The highest BCUT2D eigenvalue weighted by Crippen LogP contribution is 2.62. The minimum atomic E-state index is -0.732. The Balaban J connectivity index is 1.73. The number of hydrogen-bond donors (Lipinski definition) is 0. The Morgan fingerprint density at radius 2 is 1.09 bits per heavy atom. The van der Waals surface area contributed by atoms with Crippen LogP contribution in [0, 0.1) is 65.3 Å². The maximum atomic E-state index is 14.8. The van der Waals surface area contributed by atoms with Crippen LogP contribution in [0.5, 0.6) is 0 Å². The van der Waals surface area contributed by atoms with Crippen LogP contribution in [0.1, 0.15) is 27.8 Å². The van der Waals surface area contributed by atoms with E-state index >= 15 is 0 Å². The molecule has 0 bridgehead atoms. The summed E-state index contributed by atoms with van der Waals surface area (Å²) < 4.78 is 29.6. The average Bonchev–Trinajstić information content (AvgIpc) is 3.56. The predicted octanol–water partition coefficient (Wildman–Crippen LogP) is 8.97. The maximum Gasteiger partial charge on any atom is 0.270 e. The van der Waals surface area contributed by atoms with Crippen molar-refractivity contribution < 1.29 is 8.78 Å². The van der Waals surface area contributed by atoms with E-state index in [1.165, 1.54) is 24.3 Å². The zero-order valence-electron chi connectivity index (χ0n) is 22.4. The summed E-state index contributed by atoms with van der Waals surface area (Å²) in [6.07, 6.45) is 0. The molecule has 2 aliphatic rings. The monoisotopic (exact) mass is 566 g/mol. The molecule has 2 aliphatic carbocycles. The molecule has 6 rings (SSSR count). The summed E-state index contributed by atoms with van der Waals surface area (Å²) >= 11 is 0. The Labute approximate surface area is 250 Å². The van der Waals surface area contributed by atoms with Crippen LogP contribution in [0.3, 0.4) is 0 Å². The molecule has 44 heavy (non-hydrogen) atoms. The zero-order chi connectivity index (χ0) is 31.1. The van der Waals surface area contributed by atoms with Crippen molar-refractivity contribution in [1.29, 1.82) is 15.8 Å². The molecular formula is C36H12F2N6. The molecule has 4 aromatic carbocycles. The predicted molar refractivity (Wildman–Crippen MR) is 160 cm³/mol. The SMILES string of the molecule is [C-]#[N+]/C(C#N)=C1C2=C(/C(=C(\C#N)[N+]#[C-])c3c2cccc3-c2ccc([N+]#[C-])c(F)c2)c2cccc(-c3ccc(C#N)c(F)c3)c2\1. The Morgan fingerprint density at radius 3 is 1.50 bits per heavy atom. The van der Waals surface area contributed by atoms with E-state index in [9.17, 15) is 24.6 Å². The smallest absolute Gasteiger partial charge is 0.235 e. The second kappa shape index (κ2) is 10.4. The molecule has 0 N–H and O–H groups in total. The van der Waals surface area contributed by atoms with Gasteiger partial charge in [-0.2, -0.15) is 5.26 Å². The normalized spacial score (nSPS) is 14.5. The van der Waals surface area contributed by atoms with Crippen LogP contribution in [-0.2, 0) is 0 Å². The molecule has 0 amide bonds. The van der Waals surface area contributed by atoms with Crippen LogP contribution < -0.4 is 0 Å². The summed E-state index contributed by atoms with van der Waals surface area (Å²) in [5, 5.41) is 29.5. The van der Waals surface area contributed by atoms with Gasteiger partial charge in [0.2, 0.25) is 5.69 Å². The van der Waals surface area contributed by atoms with Crippen molar-refractivity contribution >= 4 is 28.0 Å². The molecule has 8 heteroatoms. The number of hydrogen-bond acceptors (Lipinski definition) is 3. The molecule has 0 aliphatic heterocycles. The Bertz CT molecular complexity index is 2170. The van der Waals surface area contributed by atoms with Gasteiger partial charge in [-0.1, -0.05) is 54.6 Å². The first-order valence-corrected chi connectivity index (χ1v) is 12.9. The summed E-state index contributed by atoms with van der Waals surface area (Å²) in [7, 11) is 0. The van der Waals surface area contributed by atoms with E-state index in [0.717, 1.165) is 0 Å². The third kappa shape index (κ3) is 3.79. The third-order valence-corrected chi connectivity index (χ3v) is 7.61. The van der Waals surface area contributed by atoms with E-state index in [-0.39, 0.29) is 33.8 Å². The van der Waals surface area contributed by atoms with Gasteiger partial charge in [0.1, 0.15) is 17.7 Å². The van der Waals surface area contributed by atoms with Gasteiger partial charge in [-0.25, -0.2) is 33.8 Å². The molecule has 0 spiro atoms. The van der Waals surface area contributed by atoms with Crippen LogP contribution in [0.4, 0.5) is 14.5 Å². The van der Waals surface area contributed by atoms with Crippen LogP contribution in [0.2, 0.25) is 0 Å². The first-order valence-electron chi connectivity index (χ1n) is 12.9. The first-order chi connectivity index (χ1) is 21.4. The first kappa shape index (κ1) is 27.1. The van der Waals surface area contributed by atoms with Crippen molar-refractivity contribution in [3.8, 4) is 40.5 Å². The van der Waals surface area contributed by atoms with Gasteiger partial charge in [0, 0.05) is 11.1 Å². The van der Waals surface area contributed by atoms with Crippen molar-refractivity contribution in [2.24, 2.45) is 0 Å². The van der Waals surface area contributed by atoms with Gasteiger partial charge in [0.05, 0.1) is 37.4 Å². The summed E-state index contributed by atoms with van der Waals surface area (Å²) in [5.41, 5.74) is 4.41. The van der Waals surface area contributed by atoms with Crippen LogP contribution in [-0.4, -0.2) is 0 Å². The number of allylic oxidation sites excluding steroid dienone is 6. The minimum Gasteiger partial charge on any atom is -0.235 e. The zero-order valence-corrected chi connectivity index (χ0v) is 22.4. The maximum absolute atomic E-state index is 14.8. The molecule has 0 unspecified atom stereocenters. The molecular weight excluding hydrogens is 554 g/mol. The summed E-state index contributed by atoms with van der Waals surface area (Å²) in [4.78, 5) is 10.2. The fourth-order valence-corrected chi connectivity index (χ4v) is 5.87. The van der Waals surface area contributed by atoms with Crippen molar-refractivity contribution in [2.45, 2.75) is 0 Å². The lowest BCUT2D eigenvalue weighted by atomic mass is 9.84. The lowest BCUT2D eigenvalue weighted by molar-refractivity contribution is 0.624. The second-order valence-electron chi connectivity index (χ2n) is 9.69. The van der Waals surface area contributed by atoms with E-state index in [2.05, 4.69) is 14.5 Å². The Hall–Kier alpha value is -7.10. The minimum absolute atomic E-state index is 0.139. The van der Waals surface area contributed by atoms with Gasteiger partial charge in [0.15, 0.2) is 0 Å². The van der Waals surface area contributed by atoms with E-state index in [1.54, 1.807) is 54.6 Å². The van der Waals surface area contributed by atoms with Crippen molar-refractivity contribution in [3.63, 3.8) is 0 Å². The second-order valence-corrected chi connectivity index (χ2v) is 9.69.